The standard InChI is InChI=1S/C20H20N4O3S/c1-4-11-28-20-21-18(26)17-14-7-5-6-8-15(14)23(13(3)25)19(24(17)22-20)16-10-9-12(2)27-16/h5-10,19H,4,11H2,1-3H3. The molecule has 0 saturated carbocycles. The average molecular weight is 396 g/mol. The van der Waals surface area contributed by atoms with Gasteiger partial charge in [-0.1, -0.05) is 30.8 Å². The van der Waals surface area contributed by atoms with Crippen molar-refractivity contribution in [3.63, 3.8) is 0 Å². The first-order valence-electron chi connectivity index (χ1n) is 9.10. The average Bonchev–Trinajstić information content (AvgIpc) is 3.10. The van der Waals surface area contributed by atoms with Crippen LogP contribution >= 0.6 is 11.8 Å². The molecule has 8 heteroatoms. The quantitative estimate of drug-likeness (QED) is 0.498. The Morgan fingerprint density at radius 2 is 2.11 bits per heavy atom. The Morgan fingerprint density at radius 1 is 1.32 bits per heavy atom. The number of hydrogen-bond acceptors (Lipinski definition) is 6. The molecule has 1 aromatic carbocycles. The van der Waals surface area contributed by atoms with Gasteiger partial charge < -0.3 is 9.52 Å². The van der Waals surface area contributed by atoms with Gasteiger partial charge >= 0.3 is 6.17 Å². The van der Waals surface area contributed by atoms with Crippen LogP contribution in [0.1, 0.15) is 38.0 Å². The number of nitrogens with zero attached hydrogens (tertiary/aromatic N) is 4. The van der Waals surface area contributed by atoms with Crippen molar-refractivity contribution in [2.24, 2.45) is 0 Å². The molecule has 1 aliphatic rings. The van der Waals surface area contributed by atoms with Gasteiger partial charge in [-0.05, 0) is 42.3 Å². The monoisotopic (exact) mass is 396 g/mol. The zero-order chi connectivity index (χ0) is 19.8. The SMILES string of the molecule is CCCSc1nc([O-])c2[n+](n1)C(c1ccc(C)o1)N(C(C)=O)c1ccccc1-2. The minimum atomic E-state index is -0.687. The minimum absolute atomic E-state index is 0.168. The Balaban J connectivity index is 2.00. The Bertz CT molecular complexity index is 1050. The molecule has 1 unspecified atom stereocenters. The molecule has 1 aliphatic heterocycles. The highest BCUT2D eigenvalue weighted by Crippen LogP contribution is 2.41. The van der Waals surface area contributed by atoms with Gasteiger partial charge in [-0.3, -0.25) is 4.79 Å². The van der Waals surface area contributed by atoms with Crippen LogP contribution in [-0.2, 0) is 4.79 Å². The van der Waals surface area contributed by atoms with E-state index in [2.05, 4.69) is 17.0 Å². The lowest BCUT2D eigenvalue weighted by atomic mass is 10.0. The van der Waals surface area contributed by atoms with Gasteiger partial charge in [0.2, 0.25) is 5.91 Å². The molecular weight excluding hydrogens is 376 g/mol. The molecule has 1 amide bonds. The van der Waals surface area contributed by atoms with Crippen LogP contribution < -0.4 is 14.7 Å². The normalized spacial score (nSPS) is 15.2. The van der Waals surface area contributed by atoms with E-state index in [0.717, 1.165) is 17.9 Å². The van der Waals surface area contributed by atoms with Crippen molar-refractivity contribution in [1.29, 1.82) is 0 Å². The van der Waals surface area contributed by atoms with Crippen molar-refractivity contribution in [1.82, 2.24) is 10.1 Å². The van der Waals surface area contributed by atoms with Crippen LogP contribution in [0.2, 0.25) is 0 Å². The van der Waals surface area contributed by atoms with E-state index in [0.29, 0.717) is 27.9 Å². The van der Waals surface area contributed by atoms with Crippen LogP contribution in [0.25, 0.3) is 11.3 Å². The van der Waals surface area contributed by atoms with Crippen LogP contribution in [0, 0.1) is 6.92 Å². The first kappa shape index (κ1) is 18.5. The predicted molar refractivity (Wildman–Crippen MR) is 103 cm³/mol. The largest absolute Gasteiger partial charge is 0.854 e. The maximum absolute atomic E-state index is 12.9. The summed E-state index contributed by atoms with van der Waals surface area (Å²) in [5.74, 6) is 1.53. The van der Waals surface area contributed by atoms with E-state index in [-0.39, 0.29) is 11.8 Å². The topological polar surface area (TPSA) is 86.2 Å². The number of para-hydroxylation sites is 1. The number of benzene rings is 1. The van der Waals surface area contributed by atoms with Gasteiger partial charge in [0.1, 0.15) is 5.76 Å². The highest BCUT2D eigenvalue weighted by atomic mass is 32.2. The molecule has 0 radical (unpaired) electrons. The van der Waals surface area contributed by atoms with Crippen LogP contribution in [0.5, 0.6) is 5.88 Å². The lowest BCUT2D eigenvalue weighted by Gasteiger charge is -2.31. The van der Waals surface area contributed by atoms with Crippen molar-refractivity contribution < 1.29 is 19.0 Å². The molecule has 4 rings (SSSR count). The number of hydrogen-bond donors (Lipinski definition) is 0. The second-order valence-electron chi connectivity index (χ2n) is 6.57. The number of thioether (sulfide) groups is 1. The predicted octanol–water partition coefficient (Wildman–Crippen LogP) is 2.82. The highest BCUT2D eigenvalue weighted by molar-refractivity contribution is 7.99. The van der Waals surface area contributed by atoms with E-state index in [4.69, 9.17) is 4.42 Å². The molecule has 2 aromatic heterocycles. The number of fused-ring (bicyclic) bond motifs is 3. The van der Waals surface area contributed by atoms with Crippen molar-refractivity contribution in [3.8, 4) is 17.1 Å². The summed E-state index contributed by atoms with van der Waals surface area (Å²) in [5, 5.41) is 18.0. The lowest BCUT2D eigenvalue weighted by Crippen LogP contribution is -2.58. The van der Waals surface area contributed by atoms with Crippen LogP contribution in [0.3, 0.4) is 0 Å². The molecule has 0 aliphatic carbocycles. The van der Waals surface area contributed by atoms with Crippen molar-refractivity contribution in [2.75, 3.05) is 10.7 Å². The molecule has 1 atom stereocenters. The summed E-state index contributed by atoms with van der Waals surface area (Å²) < 4.78 is 7.43. The van der Waals surface area contributed by atoms with Crippen LogP contribution in [-0.4, -0.2) is 21.7 Å². The number of aryl methyl sites for hydroxylation is 1. The number of carbonyl (C=O) groups excluding carboxylic acids is 1. The molecule has 0 saturated heterocycles. The molecule has 0 fully saturated rings. The fourth-order valence-electron chi connectivity index (χ4n) is 3.38. The van der Waals surface area contributed by atoms with E-state index in [1.807, 2.05) is 43.3 Å². The molecule has 144 valence electrons. The van der Waals surface area contributed by atoms with Gasteiger partial charge in [-0.2, -0.15) is 0 Å². The first-order valence-corrected chi connectivity index (χ1v) is 10.1. The highest BCUT2D eigenvalue weighted by Gasteiger charge is 2.45. The number of anilines is 1. The third-order valence-corrected chi connectivity index (χ3v) is 5.55. The molecule has 3 heterocycles. The molecular formula is C20H20N4O3S. The van der Waals surface area contributed by atoms with Crippen LogP contribution in [0.4, 0.5) is 5.69 Å². The zero-order valence-corrected chi connectivity index (χ0v) is 16.7. The number of aromatic nitrogens is 3. The van der Waals surface area contributed by atoms with Gasteiger partial charge in [0, 0.05) is 17.8 Å². The van der Waals surface area contributed by atoms with Crippen molar-refractivity contribution >= 4 is 23.4 Å². The van der Waals surface area contributed by atoms with E-state index in [1.165, 1.54) is 18.7 Å². The second kappa shape index (κ2) is 7.27. The second-order valence-corrected chi connectivity index (χ2v) is 7.63. The van der Waals surface area contributed by atoms with Gasteiger partial charge in [0.25, 0.3) is 10.9 Å². The lowest BCUT2D eigenvalue weighted by molar-refractivity contribution is -0.765. The number of furan rings is 1. The first-order chi connectivity index (χ1) is 13.5. The minimum Gasteiger partial charge on any atom is -0.854 e. The summed E-state index contributed by atoms with van der Waals surface area (Å²) >= 11 is 1.42. The summed E-state index contributed by atoms with van der Waals surface area (Å²) in [7, 11) is 0. The van der Waals surface area contributed by atoms with Crippen molar-refractivity contribution in [3.05, 3.63) is 47.9 Å². The van der Waals surface area contributed by atoms with E-state index < -0.39 is 6.17 Å². The molecule has 28 heavy (non-hydrogen) atoms. The molecule has 3 aromatic rings. The summed E-state index contributed by atoms with van der Waals surface area (Å²) in [6, 6.07) is 10.9. The Kier molecular flexibility index (Phi) is 4.80. The van der Waals surface area contributed by atoms with Gasteiger partial charge in [0.05, 0.1) is 17.1 Å². The van der Waals surface area contributed by atoms with Crippen molar-refractivity contribution in [2.45, 2.75) is 38.5 Å². The summed E-state index contributed by atoms with van der Waals surface area (Å²) in [6.45, 7) is 5.39. The smallest absolute Gasteiger partial charge is 0.325 e. The Morgan fingerprint density at radius 3 is 2.79 bits per heavy atom. The molecule has 0 spiro atoms. The Hall–Kier alpha value is -2.87. The maximum atomic E-state index is 12.9. The summed E-state index contributed by atoms with van der Waals surface area (Å²) in [5.41, 5.74) is 1.63. The maximum Gasteiger partial charge on any atom is 0.325 e. The summed E-state index contributed by atoms with van der Waals surface area (Å²) in [6.07, 6.45) is 0.250. The fraction of sp³-hybridized carbons (Fsp3) is 0.300. The molecule has 0 N–H and O–H groups in total. The van der Waals surface area contributed by atoms with Crippen LogP contribution in [0.15, 0.2) is 46.0 Å². The molecule has 0 bridgehead atoms. The fourth-order valence-corrected chi connectivity index (χ4v) is 4.06. The van der Waals surface area contributed by atoms with Gasteiger partial charge in [-0.25, -0.2) is 9.88 Å². The number of amides is 1. The third-order valence-electron chi connectivity index (χ3n) is 4.51. The third kappa shape index (κ3) is 3.03. The number of rotatable bonds is 4. The van der Waals surface area contributed by atoms with E-state index in [1.54, 1.807) is 9.58 Å². The zero-order valence-electron chi connectivity index (χ0n) is 15.9. The van der Waals surface area contributed by atoms with Gasteiger partial charge in [0.15, 0.2) is 5.76 Å². The molecule has 7 nitrogen and oxygen atoms in total. The number of carbonyl (C=O) groups is 1. The van der Waals surface area contributed by atoms with E-state index >= 15 is 0 Å². The van der Waals surface area contributed by atoms with E-state index in [9.17, 15) is 9.90 Å². The Labute approximate surface area is 167 Å². The van der Waals surface area contributed by atoms with Gasteiger partial charge in [-0.15, -0.1) is 0 Å². The summed E-state index contributed by atoms with van der Waals surface area (Å²) in [4.78, 5) is 18.4.